The molecule has 3 heterocycles. The third kappa shape index (κ3) is 5.79. The van der Waals surface area contributed by atoms with Crippen molar-refractivity contribution >= 4 is 11.8 Å². The Morgan fingerprint density at radius 2 is 1.94 bits per heavy atom. The van der Waals surface area contributed by atoms with Gasteiger partial charge in [-0.1, -0.05) is 0 Å². The number of aryl methyl sites for hydroxylation is 2. The van der Waals surface area contributed by atoms with Crippen molar-refractivity contribution in [1.29, 1.82) is 0 Å². The maximum atomic E-state index is 12.6. The topological polar surface area (TPSA) is 102 Å². The summed E-state index contributed by atoms with van der Waals surface area (Å²) in [4.78, 5) is 31.0. The van der Waals surface area contributed by atoms with Gasteiger partial charge in [0.15, 0.2) is 11.7 Å². The summed E-state index contributed by atoms with van der Waals surface area (Å²) < 4.78 is 12.6. The van der Waals surface area contributed by atoms with Crippen LogP contribution in [0.4, 0.5) is 0 Å². The number of hydrogen-bond acceptors (Lipinski definition) is 6. The fourth-order valence-electron chi connectivity index (χ4n) is 3.95. The molecular weight excluding hydrogens is 422 g/mol. The number of oxazole rings is 1. The zero-order valence-electron chi connectivity index (χ0n) is 19.0. The molecule has 174 valence electrons. The smallest absolute Gasteiger partial charge is 0.254 e. The van der Waals surface area contributed by atoms with Gasteiger partial charge in [0.25, 0.3) is 5.91 Å². The fraction of sp³-hybridized carbons (Fsp3) is 0.417. The van der Waals surface area contributed by atoms with Crippen molar-refractivity contribution in [3.05, 3.63) is 54.3 Å². The van der Waals surface area contributed by atoms with E-state index in [1.54, 1.807) is 37.4 Å². The molecule has 33 heavy (non-hydrogen) atoms. The maximum absolute atomic E-state index is 12.6. The molecule has 2 amide bonds. The molecule has 9 heteroatoms. The Bertz CT molecular complexity index is 1080. The highest BCUT2D eigenvalue weighted by molar-refractivity contribution is 5.93. The monoisotopic (exact) mass is 451 g/mol. The predicted molar refractivity (Wildman–Crippen MR) is 122 cm³/mol. The Labute approximate surface area is 192 Å². The minimum atomic E-state index is -0.110. The van der Waals surface area contributed by atoms with E-state index in [9.17, 15) is 9.59 Å². The molecule has 3 aromatic rings. The number of carbonyl (C=O) groups is 2. The number of likely N-dealkylation sites (tertiary alicyclic amines) is 1. The summed E-state index contributed by atoms with van der Waals surface area (Å²) in [6, 6.07) is 7.57. The molecule has 1 saturated heterocycles. The highest BCUT2D eigenvalue weighted by Crippen LogP contribution is 2.24. The van der Waals surface area contributed by atoms with Gasteiger partial charge in [-0.05, 0) is 43.0 Å². The number of methoxy groups -OCH3 is 1. The largest absolute Gasteiger partial charge is 0.497 e. The molecule has 1 aliphatic rings. The van der Waals surface area contributed by atoms with E-state index in [2.05, 4.69) is 15.4 Å². The van der Waals surface area contributed by atoms with Gasteiger partial charge in [0.1, 0.15) is 5.75 Å². The minimum absolute atomic E-state index is 0.108. The van der Waals surface area contributed by atoms with Crippen LogP contribution >= 0.6 is 0 Å². The lowest BCUT2D eigenvalue weighted by Gasteiger charge is -2.32. The summed E-state index contributed by atoms with van der Waals surface area (Å²) in [5, 5.41) is 6.99. The summed E-state index contributed by atoms with van der Waals surface area (Å²) in [7, 11) is 3.41. The molecule has 0 radical (unpaired) electrons. The summed E-state index contributed by atoms with van der Waals surface area (Å²) >= 11 is 0. The van der Waals surface area contributed by atoms with Crippen molar-refractivity contribution in [2.75, 3.05) is 26.7 Å². The van der Waals surface area contributed by atoms with Gasteiger partial charge in [-0.15, -0.1) is 0 Å². The molecule has 4 rings (SSSR count). The number of benzene rings is 1. The van der Waals surface area contributed by atoms with E-state index in [1.807, 2.05) is 29.2 Å². The van der Waals surface area contributed by atoms with Gasteiger partial charge in [0, 0.05) is 51.3 Å². The van der Waals surface area contributed by atoms with Gasteiger partial charge in [-0.25, -0.2) is 4.98 Å². The average molecular weight is 452 g/mol. The van der Waals surface area contributed by atoms with Crippen LogP contribution in [0.5, 0.6) is 5.75 Å². The maximum Gasteiger partial charge on any atom is 0.254 e. The number of hydrogen-bond donors (Lipinski definition) is 1. The lowest BCUT2D eigenvalue weighted by atomic mass is 9.96. The molecule has 0 bridgehead atoms. The van der Waals surface area contributed by atoms with Crippen LogP contribution in [0.25, 0.3) is 11.3 Å². The van der Waals surface area contributed by atoms with E-state index in [1.165, 1.54) is 0 Å². The number of nitrogens with one attached hydrogen (secondary N) is 1. The number of carbonyl (C=O) groups excluding carboxylic acids is 2. The summed E-state index contributed by atoms with van der Waals surface area (Å²) in [5.41, 5.74) is 1.48. The number of ether oxygens (including phenoxy) is 1. The van der Waals surface area contributed by atoms with Gasteiger partial charge in [-0.2, -0.15) is 5.10 Å². The Morgan fingerprint density at radius 3 is 2.61 bits per heavy atom. The molecule has 0 unspecified atom stereocenters. The van der Waals surface area contributed by atoms with Gasteiger partial charge < -0.3 is 19.4 Å². The molecule has 0 spiro atoms. The average Bonchev–Trinajstić information content (AvgIpc) is 3.50. The first-order valence-corrected chi connectivity index (χ1v) is 11.2. The van der Waals surface area contributed by atoms with Crippen molar-refractivity contribution in [2.24, 2.45) is 13.0 Å². The Morgan fingerprint density at radius 1 is 1.18 bits per heavy atom. The first-order valence-electron chi connectivity index (χ1n) is 11.2. The number of rotatable bonds is 8. The lowest BCUT2D eigenvalue weighted by Crippen LogP contribution is -2.41. The van der Waals surface area contributed by atoms with Crippen molar-refractivity contribution in [3.63, 3.8) is 0 Å². The molecule has 1 aliphatic heterocycles. The van der Waals surface area contributed by atoms with Crippen LogP contribution in [-0.2, 0) is 18.3 Å². The molecular formula is C24H29N5O4. The Balaban J connectivity index is 1.19. The van der Waals surface area contributed by atoms with Gasteiger partial charge in [0.05, 0.1) is 25.1 Å². The third-order valence-corrected chi connectivity index (χ3v) is 5.97. The highest BCUT2D eigenvalue weighted by Gasteiger charge is 2.23. The summed E-state index contributed by atoms with van der Waals surface area (Å²) in [6.45, 7) is 2.02. The van der Waals surface area contributed by atoms with E-state index in [0.717, 1.165) is 24.2 Å². The number of amides is 2. The zero-order valence-corrected chi connectivity index (χ0v) is 19.0. The molecule has 0 aliphatic carbocycles. The van der Waals surface area contributed by atoms with Crippen molar-refractivity contribution in [2.45, 2.75) is 25.7 Å². The normalized spacial score (nSPS) is 14.3. The molecule has 2 aromatic heterocycles. The van der Waals surface area contributed by atoms with Crippen LogP contribution in [0, 0.1) is 5.92 Å². The van der Waals surface area contributed by atoms with Crippen LogP contribution in [0.3, 0.4) is 0 Å². The van der Waals surface area contributed by atoms with Crippen LogP contribution in [-0.4, -0.2) is 58.2 Å². The number of aromatic nitrogens is 3. The Hall–Kier alpha value is -3.62. The molecule has 1 aromatic carbocycles. The standard InChI is InChI=1S/C24H29N5O4/c1-28-16-19(14-27-28)24(31)26-13-17-9-11-29(12-10-17)23(30)8-7-22-25-15-21(33-22)18-3-5-20(32-2)6-4-18/h3-6,14-17H,7-13H2,1-2H3,(H,26,31). The highest BCUT2D eigenvalue weighted by atomic mass is 16.5. The SMILES string of the molecule is COc1ccc(-c2cnc(CCC(=O)N3CCC(CNC(=O)c4cnn(C)c4)CC3)o2)cc1. The van der Waals surface area contributed by atoms with Crippen LogP contribution < -0.4 is 10.1 Å². The summed E-state index contributed by atoms with van der Waals surface area (Å²) in [5.74, 6) is 2.38. The van der Waals surface area contributed by atoms with Crippen molar-refractivity contribution < 1.29 is 18.7 Å². The van der Waals surface area contributed by atoms with E-state index in [4.69, 9.17) is 9.15 Å². The second-order valence-corrected chi connectivity index (χ2v) is 8.28. The van der Waals surface area contributed by atoms with Crippen LogP contribution in [0.2, 0.25) is 0 Å². The second-order valence-electron chi connectivity index (χ2n) is 8.28. The van der Waals surface area contributed by atoms with E-state index >= 15 is 0 Å². The van der Waals surface area contributed by atoms with Gasteiger partial charge in [0.2, 0.25) is 5.91 Å². The number of piperidine rings is 1. The van der Waals surface area contributed by atoms with Crippen molar-refractivity contribution in [3.8, 4) is 17.1 Å². The summed E-state index contributed by atoms with van der Waals surface area (Å²) in [6.07, 6.45) is 7.53. The first kappa shape index (κ1) is 22.6. The van der Waals surface area contributed by atoms with Gasteiger partial charge >= 0.3 is 0 Å². The lowest BCUT2D eigenvalue weighted by molar-refractivity contribution is -0.132. The fourth-order valence-corrected chi connectivity index (χ4v) is 3.95. The van der Waals surface area contributed by atoms with Crippen molar-refractivity contribution in [1.82, 2.24) is 25.0 Å². The minimum Gasteiger partial charge on any atom is -0.497 e. The van der Waals surface area contributed by atoms with E-state index in [0.29, 0.717) is 55.6 Å². The third-order valence-electron chi connectivity index (χ3n) is 5.97. The van der Waals surface area contributed by atoms with E-state index in [-0.39, 0.29) is 11.8 Å². The predicted octanol–water partition coefficient (Wildman–Crippen LogP) is 2.68. The molecule has 9 nitrogen and oxygen atoms in total. The van der Waals surface area contributed by atoms with Gasteiger partial charge in [-0.3, -0.25) is 14.3 Å². The van der Waals surface area contributed by atoms with Crippen LogP contribution in [0.15, 0.2) is 47.3 Å². The molecule has 0 saturated carbocycles. The zero-order chi connectivity index (χ0) is 23.2. The number of nitrogens with zero attached hydrogens (tertiary/aromatic N) is 4. The first-order chi connectivity index (χ1) is 16.0. The van der Waals surface area contributed by atoms with Crippen LogP contribution in [0.1, 0.15) is 35.5 Å². The quantitative estimate of drug-likeness (QED) is 0.565. The van der Waals surface area contributed by atoms with E-state index < -0.39 is 0 Å². The Kier molecular flexibility index (Phi) is 7.07. The molecule has 1 N–H and O–H groups in total. The molecule has 1 fully saturated rings. The molecule has 0 atom stereocenters. The second kappa shape index (κ2) is 10.3.